The molecule has 5 rings (SSSR count). The zero-order chi connectivity index (χ0) is 20.3. The first-order valence-electron chi connectivity index (χ1n) is 10.4. The molecule has 0 unspecified atom stereocenters. The van der Waals surface area contributed by atoms with Gasteiger partial charge in [0.2, 0.25) is 17.6 Å². The number of nitrogens with one attached hydrogen (secondary N) is 1. The highest BCUT2D eigenvalue weighted by Crippen LogP contribution is 2.32. The molecule has 1 aliphatic heterocycles. The number of pyridine rings is 1. The molecule has 0 bridgehead atoms. The maximum Gasteiger partial charge on any atom is 0.249 e. The number of aryl methyl sites for hydroxylation is 1. The Morgan fingerprint density at radius 3 is 2.93 bits per heavy atom. The van der Waals surface area contributed by atoms with Gasteiger partial charge in [-0.15, -0.1) is 0 Å². The molecule has 4 heterocycles. The van der Waals surface area contributed by atoms with Crippen molar-refractivity contribution < 1.29 is 9.32 Å². The van der Waals surface area contributed by atoms with Crippen LogP contribution in [0.5, 0.6) is 0 Å². The maximum absolute atomic E-state index is 13.1. The Hall–Kier alpha value is -3.48. The van der Waals surface area contributed by atoms with Crippen molar-refractivity contribution in [2.45, 2.75) is 38.1 Å². The molecule has 1 aromatic carbocycles. The standard InChI is InChI=1S/C23H23N5O2/c29-21(9-8-17-15-25-19-6-2-1-5-18(17)19)28-14-4-3-7-20(28)23-26-22(27-30-23)16-10-12-24-13-11-16/h1-2,5-6,10-13,15,20,25H,3-4,7-9,14H2/t20-/m1/s1. The van der Waals surface area contributed by atoms with E-state index in [0.29, 0.717) is 24.6 Å². The minimum atomic E-state index is -0.155. The molecule has 0 spiro atoms. The molecule has 1 atom stereocenters. The lowest BCUT2D eigenvalue weighted by atomic mass is 10.0. The van der Waals surface area contributed by atoms with Crippen LogP contribution in [0.1, 0.15) is 43.2 Å². The van der Waals surface area contributed by atoms with Crippen LogP contribution in [0.25, 0.3) is 22.3 Å². The number of rotatable bonds is 5. The average Bonchev–Trinajstić information content (AvgIpc) is 3.46. The van der Waals surface area contributed by atoms with Crippen LogP contribution in [0.2, 0.25) is 0 Å². The van der Waals surface area contributed by atoms with Crippen molar-refractivity contribution in [1.82, 2.24) is 25.0 Å². The van der Waals surface area contributed by atoms with E-state index in [-0.39, 0.29) is 11.9 Å². The molecular weight excluding hydrogens is 378 g/mol. The smallest absolute Gasteiger partial charge is 0.249 e. The molecular formula is C23H23N5O2. The number of hydrogen-bond donors (Lipinski definition) is 1. The Bertz CT molecular complexity index is 1150. The predicted molar refractivity (Wildman–Crippen MR) is 112 cm³/mol. The van der Waals surface area contributed by atoms with Gasteiger partial charge < -0.3 is 14.4 Å². The summed E-state index contributed by atoms with van der Waals surface area (Å²) in [4.78, 5) is 26.9. The highest BCUT2D eigenvalue weighted by molar-refractivity contribution is 5.84. The fraction of sp³-hybridized carbons (Fsp3) is 0.304. The zero-order valence-electron chi connectivity index (χ0n) is 16.6. The van der Waals surface area contributed by atoms with Crippen LogP contribution in [-0.4, -0.2) is 37.5 Å². The Morgan fingerprint density at radius 1 is 1.17 bits per heavy atom. The second kappa shape index (κ2) is 8.10. The topological polar surface area (TPSA) is 87.9 Å². The lowest BCUT2D eigenvalue weighted by Crippen LogP contribution is -2.38. The normalized spacial score (nSPS) is 16.8. The first-order chi connectivity index (χ1) is 14.8. The third kappa shape index (κ3) is 3.58. The van der Waals surface area contributed by atoms with Crippen molar-refractivity contribution in [2.24, 2.45) is 0 Å². The van der Waals surface area contributed by atoms with E-state index in [9.17, 15) is 4.79 Å². The SMILES string of the molecule is O=C(CCc1c[nH]c2ccccc12)N1CCCC[C@@H]1c1nc(-c2ccncc2)no1. The third-order valence-electron chi connectivity index (χ3n) is 5.77. The lowest BCUT2D eigenvalue weighted by molar-refractivity contribution is -0.135. The third-order valence-corrected chi connectivity index (χ3v) is 5.77. The van der Waals surface area contributed by atoms with Crippen LogP contribution < -0.4 is 0 Å². The van der Waals surface area contributed by atoms with Gasteiger partial charge in [0, 0.05) is 48.0 Å². The highest BCUT2D eigenvalue weighted by atomic mass is 16.5. The Kier molecular flexibility index (Phi) is 5.01. The monoisotopic (exact) mass is 401 g/mol. The number of carbonyl (C=O) groups excluding carboxylic acids is 1. The van der Waals surface area contributed by atoms with Gasteiger partial charge in [0.05, 0.1) is 0 Å². The Morgan fingerprint density at radius 2 is 2.03 bits per heavy atom. The molecule has 4 aromatic rings. The summed E-state index contributed by atoms with van der Waals surface area (Å²) in [6.45, 7) is 0.727. The van der Waals surface area contributed by atoms with Crippen molar-refractivity contribution in [3.05, 3.63) is 66.4 Å². The fourth-order valence-electron chi connectivity index (χ4n) is 4.20. The van der Waals surface area contributed by atoms with Gasteiger partial charge >= 0.3 is 0 Å². The number of fused-ring (bicyclic) bond motifs is 1. The number of H-pyrrole nitrogens is 1. The summed E-state index contributed by atoms with van der Waals surface area (Å²) in [5.74, 6) is 1.18. The number of benzene rings is 1. The molecule has 3 aromatic heterocycles. The number of nitrogens with zero attached hydrogens (tertiary/aromatic N) is 4. The van der Waals surface area contributed by atoms with E-state index < -0.39 is 0 Å². The van der Waals surface area contributed by atoms with Crippen LogP contribution in [0.4, 0.5) is 0 Å². The van der Waals surface area contributed by atoms with Crippen LogP contribution >= 0.6 is 0 Å². The second-order valence-electron chi connectivity index (χ2n) is 7.65. The molecule has 7 nitrogen and oxygen atoms in total. The van der Waals surface area contributed by atoms with E-state index in [2.05, 4.69) is 32.2 Å². The summed E-state index contributed by atoms with van der Waals surface area (Å²) in [7, 11) is 0. The second-order valence-corrected chi connectivity index (χ2v) is 7.65. The number of likely N-dealkylation sites (tertiary alicyclic amines) is 1. The van der Waals surface area contributed by atoms with Crippen molar-refractivity contribution in [3.8, 4) is 11.4 Å². The first kappa shape index (κ1) is 18.5. The molecule has 1 saturated heterocycles. The molecule has 0 aliphatic carbocycles. The van der Waals surface area contributed by atoms with Gasteiger partial charge in [-0.2, -0.15) is 4.98 Å². The minimum Gasteiger partial charge on any atom is -0.361 e. The summed E-state index contributed by atoms with van der Waals surface area (Å²) in [6.07, 6.45) is 9.47. The number of carbonyl (C=O) groups is 1. The van der Waals surface area contributed by atoms with Crippen LogP contribution in [-0.2, 0) is 11.2 Å². The van der Waals surface area contributed by atoms with E-state index in [1.54, 1.807) is 12.4 Å². The van der Waals surface area contributed by atoms with Crippen molar-refractivity contribution in [1.29, 1.82) is 0 Å². The largest absolute Gasteiger partial charge is 0.361 e. The van der Waals surface area contributed by atoms with Crippen LogP contribution in [0, 0.1) is 0 Å². The number of piperidine rings is 1. The molecule has 30 heavy (non-hydrogen) atoms. The Labute approximate surface area is 174 Å². The number of aromatic nitrogens is 4. The molecule has 0 radical (unpaired) electrons. The zero-order valence-corrected chi connectivity index (χ0v) is 16.6. The minimum absolute atomic E-state index is 0.133. The quantitative estimate of drug-likeness (QED) is 0.539. The molecule has 7 heteroatoms. The van der Waals surface area contributed by atoms with Gasteiger partial charge in [-0.3, -0.25) is 9.78 Å². The average molecular weight is 401 g/mol. The van der Waals surface area contributed by atoms with Gasteiger partial charge in [0.25, 0.3) is 0 Å². The van der Waals surface area contributed by atoms with Crippen LogP contribution in [0.3, 0.4) is 0 Å². The van der Waals surface area contributed by atoms with Gasteiger partial charge in [-0.05, 0) is 49.4 Å². The lowest BCUT2D eigenvalue weighted by Gasteiger charge is -2.33. The molecule has 1 amide bonds. The summed E-state index contributed by atoms with van der Waals surface area (Å²) in [5, 5.41) is 5.30. The van der Waals surface area contributed by atoms with Gasteiger partial charge in [-0.1, -0.05) is 23.4 Å². The molecule has 1 N–H and O–H groups in total. The number of para-hydroxylation sites is 1. The van der Waals surface area contributed by atoms with Crippen molar-refractivity contribution >= 4 is 16.8 Å². The van der Waals surface area contributed by atoms with Gasteiger partial charge in [0.1, 0.15) is 6.04 Å². The van der Waals surface area contributed by atoms with E-state index >= 15 is 0 Å². The summed E-state index contributed by atoms with van der Waals surface area (Å²) in [6, 6.07) is 11.7. The maximum atomic E-state index is 13.1. The number of amides is 1. The van der Waals surface area contributed by atoms with Gasteiger partial charge in [-0.25, -0.2) is 0 Å². The summed E-state index contributed by atoms with van der Waals surface area (Å²) >= 11 is 0. The molecule has 1 fully saturated rings. The number of aromatic amines is 1. The van der Waals surface area contributed by atoms with E-state index in [4.69, 9.17) is 4.52 Å². The predicted octanol–water partition coefficient (Wildman–Crippen LogP) is 4.30. The van der Waals surface area contributed by atoms with E-state index in [1.165, 1.54) is 10.9 Å². The van der Waals surface area contributed by atoms with E-state index in [0.717, 1.165) is 36.9 Å². The Balaban J connectivity index is 1.31. The van der Waals surface area contributed by atoms with Crippen LogP contribution in [0.15, 0.2) is 59.5 Å². The highest BCUT2D eigenvalue weighted by Gasteiger charge is 2.32. The molecule has 152 valence electrons. The molecule has 1 aliphatic rings. The number of hydrogen-bond acceptors (Lipinski definition) is 5. The van der Waals surface area contributed by atoms with Gasteiger partial charge in [0.15, 0.2) is 0 Å². The summed E-state index contributed by atoms with van der Waals surface area (Å²) in [5.41, 5.74) is 3.13. The van der Waals surface area contributed by atoms with E-state index in [1.807, 2.05) is 35.4 Å². The fourth-order valence-corrected chi connectivity index (χ4v) is 4.20. The molecule has 0 saturated carbocycles. The van der Waals surface area contributed by atoms with Crippen molar-refractivity contribution in [3.63, 3.8) is 0 Å². The van der Waals surface area contributed by atoms with Crippen molar-refractivity contribution in [2.75, 3.05) is 6.54 Å². The first-order valence-corrected chi connectivity index (χ1v) is 10.4. The summed E-state index contributed by atoms with van der Waals surface area (Å²) < 4.78 is 5.57.